The fourth-order valence-electron chi connectivity index (χ4n) is 4.44. The standard InChI is InChI=1S/C20H28N4O2.ClH/c25-19(16-5-4-9-21-15-16)23-13-11-22(12-14-23)18-8-10-24(20(18)26)17-6-2-1-3-7-17;/h1-3,6-7,16,18,21H,4-5,8-15H2;1H. The number of para-hydroxylation sites is 1. The summed E-state index contributed by atoms with van der Waals surface area (Å²) in [6, 6.07) is 9.87. The number of benzene rings is 1. The van der Waals surface area contributed by atoms with Crippen molar-refractivity contribution in [1.29, 1.82) is 0 Å². The molecule has 7 heteroatoms. The number of piperazine rings is 1. The van der Waals surface area contributed by atoms with Gasteiger partial charge in [0.1, 0.15) is 0 Å². The molecule has 3 aliphatic heterocycles. The van der Waals surface area contributed by atoms with Gasteiger partial charge in [0.2, 0.25) is 11.8 Å². The Balaban J connectivity index is 0.00000210. The quantitative estimate of drug-likeness (QED) is 0.843. The van der Waals surface area contributed by atoms with Crippen LogP contribution in [0, 0.1) is 5.92 Å². The van der Waals surface area contributed by atoms with Crippen molar-refractivity contribution in [3.05, 3.63) is 30.3 Å². The van der Waals surface area contributed by atoms with E-state index in [0.29, 0.717) is 5.91 Å². The molecule has 0 aliphatic carbocycles. The zero-order chi connectivity index (χ0) is 17.9. The van der Waals surface area contributed by atoms with E-state index in [1.54, 1.807) is 0 Å². The number of carbonyl (C=O) groups is 2. The molecule has 1 aromatic rings. The highest BCUT2D eigenvalue weighted by Crippen LogP contribution is 2.25. The summed E-state index contributed by atoms with van der Waals surface area (Å²) in [6.45, 7) is 5.69. The molecule has 2 atom stereocenters. The van der Waals surface area contributed by atoms with Gasteiger partial charge in [0.25, 0.3) is 0 Å². The summed E-state index contributed by atoms with van der Waals surface area (Å²) < 4.78 is 0. The zero-order valence-corrected chi connectivity index (χ0v) is 16.5. The van der Waals surface area contributed by atoms with Gasteiger partial charge < -0.3 is 15.1 Å². The predicted octanol–water partition coefficient (Wildman–Crippen LogP) is 1.36. The lowest BCUT2D eigenvalue weighted by atomic mass is 9.97. The van der Waals surface area contributed by atoms with Crippen LogP contribution in [0.3, 0.4) is 0 Å². The molecule has 0 bridgehead atoms. The van der Waals surface area contributed by atoms with Crippen LogP contribution in [-0.4, -0.2) is 73.5 Å². The third-order valence-electron chi connectivity index (χ3n) is 5.96. The summed E-state index contributed by atoms with van der Waals surface area (Å²) in [7, 11) is 0. The van der Waals surface area contributed by atoms with E-state index in [9.17, 15) is 9.59 Å². The summed E-state index contributed by atoms with van der Waals surface area (Å²) in [5.41, 5.74) is 0.985. The Morgan fingerprint density at radius 1 is 1.00 bits per heavy atom. The second-order valence-electron chi connectivity index (χ2n) is 7.53. The van der Waals surface area contributed by atoms with Gasteiger partial charge >= 0.3 is 0 Å². The minimum Gasteiger partial charge on any atom is -0.340 e. The van der Waals surface area contributed by atoms with Crippen molar-refractivity contribution in [1.82, 2.24) is 15.1 Å². The number of nitrogens with one attached hydrogen (secondary N) is 1. The van der Waals surface area contributed by atoms with Crippen LogP contribution in [0.2, 0.25) is 0 Å². The van der Waals surface area contributed by atoms with E-state index in [-0.39, 0.29) is 30.3 Å². The van der Waals surface area contributed by atoms with Crippen molar-refractivity contribution >= 4 is 29.9 Å². The van der Waals surface area contributed by atoms with E-state index in [4.69, 9.17) is 0 Å². The van der Waals surface area contributed by atoms with E-state index in [0.717, 1.165) is 70.8 Å². The first kappa shape index (κ1) is 20.1. The maximum Gasteiger partial charge on any atom is 0.244 e. The van der Waals surface area contributed by atoms with Gasteiger partial charge in [-0.2, -0.15) is 0 Å². The van der Waals surface area contributed by atoms with Gasteiger partial charge in [-0.05, 0) is 37.9 Å². The van der Waals surface area contributed by atoms with Crippen molar-refractivity contribution in [3.63, 3.8) is 0 Å². The van der Waals surface area contributed by atoms with Gasteiger partial charge in [-0.3, -0.25) is 14.5 Å². The molecule has 2 amide bonds. The lowest BCUT2D eigenvalue weighted by molar-refractivity contribution is -0.138. The predicted molar refractivity (Wildman–Crippen MR) is 108 cm³/mol. The minimum atomic E-state index is -0.0381. The summed E-state index contributed by atoms with van der Waals surface area (Å²) in [4.78, 5) is 31.7. The third kappa shape index (κ3) is 4.28. The second kappa shape index (κ2) is 9.04. The molecule has 3 fully saturated rings. The first-order chi connectivity index (χ1) is 12.7. The van der Waals surface area contributed by atoms with Crippen LogP contribution < -0.4 is 10.2 Å². The van der Waals surface area contributed by atoms with E-state index in [2.05, 4.69) is 10.2 Å². The van der Waals surface area contributed by atoms with Gasteiger partial charge in [-0.1, -0.05) is 18.2 Å². The van der Waals surface area contributed by atoms with Crippen molar-refractivity contribution < 1.29 is 9.59 Å². The number of anilines is 1. The molecule has 148 valence electrons. The average molecular weight is 393 g/mol. The first-order valence-corrected chi connectivity index (χ1v) is 9.84. The molecular formula is C20H29ClN4O2. The Labute approximate surface area is 167 Å². The summed E-state index contributed by atoms with van der Waals surface area (Å²) in [6.07, 6.45) is 2.95. The Hall–Kier alpha value is -1.63. The Kier molecular flexibility index (Phi) is 6.73. The number of hydrogen-bond acceptors (Lipinski definition) is 4. The third-order valence-corrected chi connectivity index (χ3v) is 5.96. The van der Waals surface area contributed by atoms with E-state index < -0.39 is 0 Å². The molecule has 0 spiro atoms. The molecule has 2 unspecified atom stereocenters. The van der Waals surface area contributed by atoms with Gasteiger partial charge in [0, 0.05) is 45.0 Å². The molecule has 1 aromatic carbocycles. The number of hydrogen-bond donors (Lipinski definition) is 1. The SMILES string of the molecule is Cl.O=C(C1CCCNC1)N1CCN(C2CCN(c3ccccc3)C2=O)CC1. The van der Waals surface area contributed by atoms with E-state index in [1.165, 1.54) is 0 Å². The number of piperidine rings is 1. The number of amides is 2. The van der Waals surface area contributed by atoms with Gasteiger partial charge in [-0.25, -0.2) is 0 Å². The van der Waals surface area contributed by atoms with Crippen molar-refractivity contribution in [3.8, 4) is 0 Å². The highest BCUT2D eigenvalue weighted by molar-refractivity contribution is 5.99. The second-order valence-corrected chi connectivity index (χ2v) is 7.53. The van der Waals surface area contributed by atoms with Crippen LogP contribution in [0.15, 0.2) is 30.3 Å². The monoisotopic (exact) mass is 392 g/mol. The molecule has 3 aliphatic rings. The Bertz CT molecular complexity index is 643. The number of carbonyl (C=O) groups excluding carboxylic acids is 2. The fraction of sp³-hybridized carbons (Fsp3) is 0.600. The van der Waals surface area contributed by atoms with Crippen LogP contribution >= 0.6 is 12.4 Å². The smallest absolute Gasteiger partial charge is 0.244 e. The van der Waals surface area contributed by atoms with Crippen molar-refractivity contribution in [2.75, 3.05) is 50.7 Å². The topological polar surface area (TPSA) is 55.9 Å². The van der Waals surface area contributed by atoms with Gasteiger partial charge in [0.15, 0.2) is 0 Å². The lowest BCUT2D eigenvalue weighted by Gasteiger charge is -2.39. The Morgan fingerprint density at radius 3 is 2.41 bits per heavy atom. The number of rotatable bonds is 3. The van der Waals surface area contributed by atoms with Crippen molar-refractivity contribution in [2.24, 2.45) is 5.92 Å². The molecule has 0 radical (unpaired) electrons. The first-order valence-electron chi connectivity index (χ1n) is 9.84. The molecular weight excluding hydrogens is 364 g/mol. The summed E-state index contributed by atoms with van der Waals surface area (Å²) >= 11 is 0. The van der Waals surface area contributed by atoms with Crippen LogP contribution in [0.1, 0.15) is 19.3 Å². The molecule has 0 saturated carbocycles. The molecule has 0 aromatic heterocycles. The minimum absolute atomic E-state index is 0. The molecule has 6 nitrogen and oxygen atoms in total. The molecule has 4 rings (SSSR count). The van der Waals surface area contributed by atoms with Crippen LogP contribution in [0.4, 0.5) is 5.69 Å². The average Bonchev–Trinajstić information content (AvgIpc) is 3.10. The highest BCUT2D eigenvalue weighted by atomic mass is 35.5. The zero-order valence-electron chi connectivity index (χ0n) is 15.7. The normalized spacial score (nSPS) is 26.7. The van der Waals surface area contributed by atoms with Crippen LogP contribution in [0.5, 0.6) is 0 Å². The largest absolute Gasteiger partial charge is 0.340 e. The maximum absolute atomic E-state index is 12.9. The summed E-state index contributed by atoms with van der Waals surface area (Å²) in [5, 5.41) is 3.33. The van der Waals surface area contributed by atoms with Crippen molar-refractivity contribution in [2.45, 2.75) is 25.3 Å². The van der Waals surface area contributed by atoms with E-state index >= 15 is 0 Å². The number of nitrogens with zero attached hydrogens (tertiary/aromatic N) is 3. The lowest BCUT2D eigenvalue weighted by Crippen LogP contribution is -2.55. The Morgan fingerprint density at radius 2 is 1.74 bits per heavy atom. The number of halogens is 1. The highest BCUT2D eigenvalue weighted by Gasteiger charge is 2.38. The fourth-order valence-corrected chi connectivity index (χ4v) is 4.44. The summed E-state index contributed by atoms with van der Waals surface area (Å²) in [5.74, 6) is 0.630. The van der Waals surface area contributed by atoms with Crippen LogP contribution in [0.25, 0.3) is 0 Å². The van der Waals surface area contributed by atoms with E-state index in [1.807, 2.05) is 40.1 Å². The van der Waals surface area contributed by atoms with Crippen LogP contribution in [-0.2, 0) is 9.59 Å². The molecule has 3 heterocycles. The van der Waals surface area contributed by atoms with Gasteiger partial charge in [-0.15, -0.1) is 12.4 Å². The molecule has 1 N–H and O–H groups in total. The van der Waals surface area contributed by atoms with Gasteiger partial charge in [0.05, 0.1) is 12.0 Å². The molecule has 3 saturated heterocycles. The maximum atomic E-state index is 12.9. The molecule has 27 heavy (non-hydrogen) atoms.